The van der Waals surface area contributed by atoms with Gasteiger partial charge in [0.05, 0.1) is 25.5 Å². The quantitative estimate of drug-likeness (QED) is 0.892. The van der Waals surface area contributed by atoms with Crippen molar-refractivity contribution in [1.82, 2.24) is 10.6 Å². The van der Waals surface area contributed by atoms with Gasteiger partial charge in [-0.25, -0.2) is 4.79 Å². The van der Waals surface area contributed by atoms with Gasteiger partial charge in [-0.1, -0.05) is 6.08 Å². The van der Waals surface area contributed by atoms with E-state index >= 15 is 0 Å². The molecule has 0 saturated heterocycles. The highest BCUT2D eigenvalue weighted by molar-refractivity contribution is 5.93. The van der Waals surface area contributed by atoms with Gasteiger partial charge in [0.25, 0.3) is 0 Å². The van der Waals surface area contributed by atoms with Gasteiger partial charge in [-0.15, -0.1) is 0 Å². The summed E-state index contributed by atoms with van der Waals surface area (Å²) < 4.78 is 5.78. The normalized spacial score (nSPS) is 20.2. The van der Waals surface area contributed by atoms with E-state index in [4.69, 9.17) is 4.74 Å². The number of carbonyl (C=O) groups excluding carboxylic acids is 1. The zero-order valence-corrected chi connectivity index (χ0v) is 14.2. The van der Waals surface area contributed by atoms with E-state index in [0.29, 0.717) is 19.7 Å². The number of urea groups is 1. The van der Waals surface area contributed by atoms with Crippen LogP contribution in [0, 0.1) is 0 Å². The van der Waals surface area contributed by atoms with Crippen LogP contribution in [-0.4, -0.2) is 44.7 Å². The number of hydrogen-bond donors (Lipinski definition) is 2. The summed E-state index contributed by atoms with van der Waals surface area (Å²) in [6.45, 7) is 6.56. The fourth-order valence-electron chi connectivity index (χ4n) is 3.04. The van der Waals surface area contributed by atoms with Crippen LogP contribution >= 0.6 is 0 Å². The zero-order valence-electron chi connectivity index (χ0n) is 14.2. The van der Waals surface area contributed by atoms with E-state index in [1.807, 2.05) is 26.0 Å². The molecule has 0 bridgehead atoms. The number of rotatable bonds is 4. The Morgan fingerprint density at radius 3 is 3.08 bits per heavy atom. The largest absolute Gasteiger partial charge is 0.493 e. The Balaban J connectivity index is 1.91. The minimum absolute atomic E-state index is 0.0759. The van der Waals surface area contributed by atoms with Gasteiger partial charge in [0.2, 0.25) is 0 Å². The summed E-state index contributed by atoms with van der Waals surface area (Å²) in [5.41, 5.74) is 3.19. The maximum absolute atomic E-state index is 12.2. The number of aliphatic imine (C=N–C) groups is 1. The summed E-state index contributed by atoms with van der Waals surface area (Å²) in [7, 11) is 0. The summed E-state index contributed by atoms with van der Waals surface area (Å²) in [6.07, 6.45) is 4.84. The van der Waals surface area contributed by atoms with E-state index in [1.54, 1.807) is 11.2 Å². The smallest absolute Gasteiger partial charge is 0.321 e. The zero-order chi connectivity index (χ0) is 16.9. The Labute approximate surface area is 142 Å². The van der Waals surface area contributed by atoms with Gasteiger partial charge in [0.15, 0.2) is 0 Å². The summed E-state index contributed by atoms with van der Waals surface area (Å²) in [5, 5.41) is 6.09. The summed E-state index contributed by atoms with van der Waals surface area (Å²) in [4.78, 5) is 18.2. The van der Waals surface area contributed by atoms with Crippen molar-refractivity contribution in [2.75, 3.05) is 31.1 Å². The molecule has 2 N–H and O–H groups in total. The van der Waals surface area contributed by atoms with E-state index in [0.717, 1.165) is 30.0 Å². The number of amides is 2. The summed E-state index contributed by atoms with van der Waals surface area (Å²) in [6, 6.07) is 6.11. The molecule has 2 amide bonds. The molecule has 1 aromatic carbocycles. The van der Waals surface area contributed by atoms with Crippen molar-refractivity contribution in [2.45, 2.75) is 26.3 Å². The number of ether oxygens (including phenoxy) is 1. The average Bonchev–Trinajstić information content (AvgIpc) is 3.09. The van der Waals surface area contributed by atoms with Crippen molar-refractivity contribution in [3.63, 3.8) is 0 Å². The van der Waals surface area contributed by atoms with Crippen LogP contribution < -0.4 is 20.3 Å². The number of nitrogens with zero attached hydrogens (tertiary/aromatic N) is 2. The minimum Gasteiger partial charge on any atom is -0.493 e. The Morgan fingerprint density at radius 1 is 1.50 bits per heavy atom. The second kappa shape index (κ2) is 7.38. The van der Waals surface area contributed by atoms with E-state index in [1.165, 1.54) is 5.57 Å². The first-order valence-electron chi connectivity index (χ1n) is 8.50. The van der Waals surface area contributed by atoms with Crippen LogP contribution in [0.2, 0.25) is 0 Å². The third-order valence-electron chi connectivity index (χ3n) is 4.22. The van der Waals surface area contributed by atoms with E-state index in [-0.39, 0.29) is 12.1 Å². The number of carbonyl (C=O) groups is 1. The van der Waals surface area contributed by atoms with E-state index < -0.39 is 0 Å². The molecule has 2 aliphatic heterocycles. The SMILES string of the molecule is CCNC(=O)N(CC)c1ccc2c(c1)/C(=C/C1CN=CN1)CCO2. The number of fused-ring (bicyclic) bond motifs is 1. The molecule has 2 aliphatic rings. The molecule has 0 radical (unpaired) electrons. The molecule has 6 heteroatoms. The highest BCUT2D eigenvalue weighted by atomic mass is 16.5. The first-order valence-corrected chi connectivity index (χ1v) is 8.50. The molecule has 0 aliphatic carbocycles. The highest BCUT2D eigenvalue weighted by Crippen LogP contribution is 2.36. The lowest BCUT2D eigenvalue weighted by Crippen LogP contribution is -2.39. The van der Waals surface area contributed by atoms with Crippen LogP contribution in [0.4, 0.5) is 10.5 Å². The second-order valence-corrected chi connectivity index (χ2v) is 5.82. The van der Waals surface area contributed by atoms with Crippen LogP contribution in [0.25, 0.3) is 5.57 Å². The van der Waals surface area contributed by atoms with Crippen molar-refractivity contribution in [2.24, 2.45) is 4.99 Å². The van der Waals surface area contributed by atoms with Gasteiger partial charge in [-0.05, 0) is 37.6 Å². The summed E-state index contributed by atoms with van der Waals surface area (Å²) in [5.74, 6) is 0.877. The molecule has 1 atom stereocenters. The Morgan fingerprint density at radius 2 is 2.38 bits per heavy atom. The Bertz CT molecular complexity index is 661. The molecule has 1 unspecified atom stereocenters. The van der Waals surface area contributed by atoms with Crippen LogP contribution in [0.1, 0.15) is 25.8 Å². The number of hydrogen-bond acceptors (Lipinski definition) is 4. The van der Waals surface area contributed by atoms with Gasteiger partial charge in [-0.3, -0.25) is 9.89 Å². The lowest BCUT2D eigenvalue weighted by Gasteiger charge is -2.26. The standard InChI is InChI=1S/C18H24N4O2/c1-3-20-18(23)22(4-2)15-5-6-17-16(10-15)13(7-8-24-17)9-14-11-19-12-21-14/h5-6,9-10,12,14H,3-4,7-8,11H2,1-2H3,(H,19,21)(H,20,23)/b13-9+. The summed E-state index contributed by atoms with van der Waals surface area (Å²) >= 11 is 0. The van der Waals surface area contributed by atoms with Crippen LogP contribution in [0.5, 0.6) is 5.75 Å². The van der Waals surface area contributed by atoms with Gasteiger partial charge in [-0.2, -0.15) is 0 Å². The van der Waals surface area contributed by atoms with Crippen molar-refractivity contribution in [3.8, 4) is 5.75 Å². The minimum atomic E-state index is -0.0759. The molecule has 0 spiro atoms. The predicted molar refractivity (Wildman–Crippen MR) is 96.9 cm³/mol. The second-order valence-electron chi connectivity index (χ2n) is 5.82. The molecule has 3 rings (SSSR count). The molecule has 0 fully saturated rings. The maximum Gasteiger partial charge on any atom is 0.321 e. The lowest BCUT2D eigenvalue weighted by atomic mass is 9.97. The molecule has 0 aromatic heterocycles. The average molecular weight is 328 g/mol. The molecule has 128 valence electrons. The Kier molecular flexibility index (Phi) is 5.03. The number of benzene rings is 1. The van der Waals surface area contributed by atoms with Crippen LogP contribution in [-0.2, 0) is 0 Å². The molecule has 24 heavy (non-hydrogen) atoms. The first-order chi connectivity index (χ1) is 11.7. The predicted octanol–water partition coefficient (Wildman–Crippen LogP) is 2.41. The van der Waals surface area contributed by atoms with Crippen LogP contribution in [0.3, 0.4) is 0 Å². The van der Waals surface area contributed by atoms with E-state index in [2.05, 4.69) is 27.8 Å². The third kappa shape index (κ3) is 3.37. The van der Waals surface area contributed by atoms with Gasteiger partial charge < -0.3 is 15.4 Å². The topological polar surface area (TPSA) is 66.0 Å². The maximum atomic E-state index is 12.2. The molecular weight excluding hydrogens is 304 g/mol. The lowest BCUT2D eigenvalue weighted by molar-refractivity contribution is 0.247. The van der Waals surface area contributed by atoms with Gasteiger partial charge >= 0.3 is 6.03 Å². The van der Waals surface area contributed by atoms with Crippen molar-refractivity contribution < 1.29 is 9.53 Å². The van der Waals surface area contributed by atoms with Gasteiger partial charge in [0, 0.05) is 30.8 Å². The Hall–Kier alpha value is -2.50. The molecular formula is C18H24N4O2. The van der Waals surface area contributed by atoms with Crippen LogP contribution in [0.15, 0.2) is 29.3 Å². The monoisotopic (exact) mass is 328 g/mol. The van der Waals surface area contributed by atoms with Crippen molar-refractivity contribution >= 4 is 23.6 Å². The number of nitrogens with one attached hydrogen (secondary N) is 2. The van der Waals surface area contributed by atoms with Crippen molar-refractivity contribution in [3.05, 3.63) is 29.8 Å². The van der Waals surface area contributed by atoms with Crippen molar-refractivity contribution in [1.29, 1.82) is 0 Å². The fraction of sp³-hybridized carbons (Fsp3) is 0.444. The fourth-order valence-corrected chi connectivity index (χ4v) is 3.04. The first kappa shape index (κ1) is 16.4. The molecule has 2 heterocycles. The van der Waals surface area contributed by atoms with Gasteiger partial charge in [0.1, 0.15) is 5.75 Å². The van der Waals surface area contributed by atoms with E-state index in [9.17, 15) is 4.79 Å². The number of anilines is 1. The molecule has 1 aromatic rings. The highest BCUT2D eigenvalue weighted by Gasteiger charge is 2.21. The molecule has 0 saturated carbocycles. The molecule has 6 nitrogen and oxygen atoms in total. The third-order valence-corrected chi connectivity index (χ3v) is 4.22.